The van der Waals surface area contributed by atoms with Crippen molar-refractivity contribution < 1.29 is 29.1 Å². The molecular formula is C19H37N11O6. The molecule has 0 aliphatic heterocycles. The standard InChI is InChI=1S/C19H37N11O6/c20-10(5-6-13(21)31)15(34)29-12(4-2-8-27-19(24)25)17(36)30-11(3-1-7-26-18(22)23)16(35)28-9-14(32)33/h10-12H,1-9,20H2,(H2,21,31)(H,28,35)(H,29,34)(H,30,36)(H,32,33)(H4,22,23,26)(H4,24,25,27). The lowest BCUT2D eigenvalue weighted by molar-refractivity contribution is -0.138. The van der Waals surface area contributed by atoms with E-state index in [-0.39, 0.29) is 63.5 Å². The van der Waals surface area contributed by atoms with Crippen molar-refractivity contribution >= 4 is 41.5 Å². The van der Waals surface area contributed by atoms with E-state index in [9.17, 15) is 24.0 Å². The number of nitrogens with zero attached hydrogens (tertiary/aromatic N) is 2. The summed E-state index contributed by atoms with van der Waals surface area (Å²) in [6, 6.07) is -3.40. The van der Waals surface area contributed by atoms with Crippen LogP contribution in [0.25, 0.3) is 0 Å². The number of carboxylic acids is 1. The van der Waals surface area contributed by atoms with Crippen LogP contribution in [-0.4, -0.2) is 84.4 Å². The van der Waals surface area contributed by atoms with Crippen LogP contribution in [0.15, 0.2) is 9.98 Å². The number of aliphatic imine (C=N–C) groups is 2. The van der Waals surface area contributed by atoms with Gasteiger partial charge in [0.2, 0.25) is 23.6 Å². The molecule has 0 fully saturated rings. The van der Waals surface area contributed by atoms with Crippen molar-refractivity contribution in [2.45, 2.75) is 56.7 Å². The van der Waals surface area contributed by atoms with Gasteiger partial charge in [-0.15, -0.1) is 0 Å². The number of aliphatic carboxylic acids is 1. The second-order valence-corrected chi connectivity index (χ2v) is 7.74. The number of hydrogen-bond acceptors (Lipinski definition) is 8. The molecule has 17 heteroatoms. The van der Waals surface area contributed by atoms with Gasteiger partial charge in [-0.3, -0.25) is 34.0 Å². The van der Waals surface area contributed by atoms with Gasteiger partial charge in [-0.25, -0.2) is 0 Å². The van der Waals surface area contributed by atoms with Gasteiger partial charge in [-0.1, -0.05) is 0 Å². The smallest absolute Gasteiger partial charge is 0.322 e. The molecule has 0 heterocycles. The molecule has 0 aromatic carbocycles. The second kappa shape index (κ2) is 17.3. The Bertz CT molecular complexity index is 825. The highest BCUT2D eigenvalue weighted by molar-refractivity contribution is 5.93. The second-order valence-electron chi connectivity index (χ2n) is 7.74. The molecule has 3 atom stereocenters. The first kappa shape index (κ1) is 31.8. The van der Waals surface area contributed by atoms with E-state index in [1.165, 1.54) is 0 Å². The van der Waals surface area contributed by atoms with Gasteiger partial charge in [-0.2, -0.15) is 0 Å². The van der Waals surface area contributed by atoms with Crippen molar-refractivity contribution in [3.05, 3.63) is 0 Å². The average Bonchev–Trinajstić information content (AvgIpc) is 2.78. The molecule has 0 aliphatic rings. The molecule has 16 N–H and O–H groups in total. The number of primary amides is 1. The third kappa shape index (κ3) is 15.6. The van der Waals surface area contributed by atoms with Crippen LogP contribution < -0.4 is 50.4 Å². The Labute approximate surface area is 207 Å². The quantitative estimate of drug-likeness (QED) is 0.0467. The first-order chi connectivity index (χ1) is 16.8. The summed E-state index contributed by atoms with van der Waals surface area (Å²) >= 11 is 0. The van der Waals surface area contributed by atoms with Crippen LogP contribution in [0.2, 0.25) is 0 Å². The van der Waals surface area contributed by atoms with E-state index in [0.717, 1.165) is 0 Å². The lowest BCUT2D eigenvalue weighted by Gasteiger charge is -2.24. The number of guanidine groups is 2. The summed E-state index contributed by atoms with van der Waals surface area (Å²) in [6.45, 7) is -0.336. The Balaban J connectivity index is 5.46. The molecule has 0 aliphatic carbocycles. The zero-order chi connectivity index (χ0) is 27.7. The summed E-state index contributed by atoms with van der Waals surface area (Å²) < 4.78 is 0. The summed E-state index contributed by atoms with van der Waals surface area (Å²) in [7, 11) is 0. The number of carbonyl (C=O) groups is 5. The molecule has 4 amide bonds. The Morgan fingerprint density at radius 1 is 0.722 bits per heavy atom. The molecule has 0 aromatic heterocycles. The Morgan fingerprint density at radius 2 is 1.19 bits per heavy atom. The molecular weight excluding hydrogens is 478 g/mol. The van der Waals surface area contributed by atoms with Crippen molar-refractivity contribution in [3.63, 3.8) is 0 Å². The lowest BCUT2D eigenvalue weighted by atomic mass is 10.1. The molecule has 0 saturated carbocycles. The van der Waals surface area contributed by atoms with Crippen molar-refractivity contribution in [1.82, 2.24) is 16.0 Å². The van der Waals surface area contributed by atoms with Crippen LogP contribution in [0.4, 0.5) is 0 Å². The lowest BCUT2D eigenvalue weighted by Crippen LogP contribution is -2.56. The van der Waals surface area contributed by atoms with Crippen molar-refractivity contribution in [3.8, 4) is 0 Å². The van der Waals surface area contributed by atoms with E-state index in [2.05, 4.69) is 25.9 Å². The van der Waals surface area contributed by atoms with Crippen LogP contribution >= 0.6 is 0 Å². The third-order valence-electron chi connectivity index (χ3n) is 4.61. The molecule has 3 unspecified atom stereocenters. The van der Waals surface area contributed by atoms with E-state index in [0.29, 0.717) is 0 Å². The molecule has 0 bridgehead atoms. The number of nitrogens with two attached hydrogens (primary N) is 6. The minimum atomic E-state index is -1.27. The van der Waals surface area contributed by atoms with E-state index < -0.39 is 54.3 Å². The third-order valence-corrected chi connectivity index (χ3v) is 4.61. The van der Waals surface area contributed by atoms with Crippen LogP contribution in [0.5, 0.6) is 0 Å². The summed E-state index contributed by atoms with van der Waals surface area (Å²) in [5, 5.41) is 16.0. The summed E-state index contributed by atoms with van der Waals surface area (Å²) in [5.41, 5.74) is 32.0. The first-order valence-electron chi connectivity index (χ1n) is 11.1. The minimum Gasteiger partial charge on any atom is -0.480 e. The van der Waals surface area contributed by atoms with Gasteiger partial charge >= 0.3 is 5.97 Å². The fourth-order valence-corrected chi connectivity index (χ4v) is 2.81. The number of carbonyl (C=O) groups excluding carboxylic acids is 4. The van der Waals surface area contributed by atoms with Gasteiger partial charge < -0.3 is 55.5 Å². The van der Waals surface area contributed by atoms with Crippen LogP contribution in [0, 0.1) is 0 Å². The van der Waals surface area contributed by atoms with E-state index in [4.69, 9.17) is 39.5 Å². The van der Waals surface area contributed by atoms with Crippen LogP contribution in [-0.2, 0) is 24.0 Å². The highest BCUT2D eigenvalue weighted by atomic mass is 16.4. The maximum atomic E-state index is 13.0. The van der Waals surface area contributed by atoms with Gasteiger partial charge in [0.25, 0.3) is 0 Å². The maximum Gasteiger partial charge on any atom is 0.322 e. The van der Waals surface area contributed by atoms with Crippen molar-refractivity contribution in [2.24, 2.45) is 44.4 Å². The number of carboxylic acid groups (broad SMARTS) is 1. The Hall–Kier alpha value is -4.15. The topological polar surface area (TPSA) is 323 Å². The largest absolute Gasteiger partial charge is 0.480 e. The molecule has 17 nitrogen and oxygen atoms in total. The number of rotatable bonds is 18. The van der Waals surface area contributed by atoms with Gasteiger partial charge in [-0.05, 0) is 32.1 Å². The van der Waals surface area contributed by atoms with Crippen LogP contribution in [0.1, 0.15) is 38.5 Å². The molecule has 0 spiro atoms. The van der Waals surface area contributed by atoms with Gasteiger partial charge in [0.05, 0.1) is 6.04 Å². The van der Waals surface area contributed by atoms with Gasteiger partial charge in [0.1, 0.15) is 18.6 Å². The molecule has 36 heavy (non-hydrogen) atoms. The highest BCUT2D eigenvalue weighted by Crippen LogP contribution is 2.05. The van der Waals surface area contributed by atoms with Gasteiger partial charge in [0, 0.05) is 19.5 Å². The Kier molecular flexibility index (Phi) is 15.3. The van der Waals surface area contributed by atoms with E-state index in [1.54, 1.807) is 0 Å². The molecule has 0 rings (SSSR count). The average molecular weight is 516 g/mol. The predicted octanol–water partition coefficient (Wildman–Crippen LogP) is -5.14. The van der Waals surface area contributed by atoms with Crippen LogP contribution in [0.3, 0.4) is 0 Å². The fraction of sp³-hybridized carbons (Fsp3) is 0.632. The summed E-state index contributed by atoms with van der Waals surface area (Å²) in [5.74, 6) is -4.40. The highest BCUT2D eigenvalue weighted by Gasteiger charge is 2.28. The first-order valence-corrected chi connectivity index (χ1v) is 11.1. The van der Waals surface area contributed by atoms with Gasteiger partial charge in [0.15, 0.2) is 11.9 Å². The molecule has 0 saturated heterocycles. The van der Waals surface area contributed by atoms with E-state index in [1.807, 2.05) is 0 Å². The van der Waals surface area contributed by atoms with E-state index >= 15 is 0 Å². The van der Waals surface area contributed by atoms with Crippen molar-refractivity contribution in [2.75, 3.05) is 19.6 Å². The molecule has 0 radical (unpaired) electrons. The SMILES string of the molecule is NC(=O)CCC(N)C(=O)NC(CCCN=C(N)N)C(=O)NC(CCCN=C(N)N)C(=O)NCC(=O)O. The zero-order valence-corrected chi connectivity index (χ0v) is 19.9. The summed E-state index contributed by atoms with van der Waals surface area (Å²) in [4.78, 5) is 67.3. The number of hydrogen-bond donors (Lipinski definition) is 10. The number of amides is 4. The Morgan fingerprint density at radius 3 is 1.64 bits per heavy atom. The maximum absolute atomic E-state index is 13.0. The zero-order valence-electron chi connectivity index (χ0n) is 19.9. The predicted molar refractivity (Wildman–Crippen MR) is 131 cm³/mol. The summed E-state index contributed by atoms with van der Waals surface area (Å²) in [6.07, 6.45) is 0.553. The van der Waals surface area contributed by atoms with Crippen molar-refractivity contribution in [1.29, 1.82) is 0 Å². The number of nitrogens with one attached hydrogen (secondary N) is 3. The monoisotopic (exact) mass is 515 g/mol. The normalized spacial score (nSPS) is 12.8. The molecule has 0 aromatic rings. The molecule has 204 valence electrons. The fourth-order valence-electron chi connectivity index (χ4n) is 2.81. The minimum absolute atomic E-state index is 0.0332.